The number of piperidine rings is 1. The average molecular weight is 480 g/mol. The first-order valence-electron chi connectivity index (χ1n) is 12.6. The van der Waals surface area contributed by atoms with E-state index in [0.717, 1.165) is 67.5 Å². The number of rotatable bonds is 11. The van der Waals surface area contributed by atoms with Crippen molar-refractivity contribution >= 4 is 16.9 Å². The van der Waals surface area contributed by atoms with E-state index in [1.165, 1.54) is 5.69 Å². The number of aliphatic hydroxyl groups is 1. The van der Waals surface area contributed by atoms with E-state index in [9.17, 15) is 15.0 Å². The predicted molar refractivity (Wildman–Crippen MR) is 137 cm³/mol. The minimum atomic E-state index is -0.738. The van der Waals surface area contributed by atoms with Gasteiger partial charge >= 0.3 is 5.97 Å². The molecule has 1 saturated heterocycles. The molecule has 1 fully saturated rings. The largest absolute Gasteiger partial charge is 0.497 e. The Morgan fingerprint density at radius 2 is 2.11 bits per heavy atom. The van der Waals surface area contributed by atoms with Crippen molar-refractivity contribution in [2.24, 2.45) is 18.9 Å². The Morgan fingerprint density at radius 1 is 1.26 bits per heavy atom. The summed E-state index contributed by atoms with van der Waals surface area (Å²) in [6, 6.07) is 11.8. The number of aliphatic hydroxyl groups excluding tert-OH is 1. The summed E-state index contributed by atoms with van der Waals surface area (Å²) in [7, 11) is 3.70. The van der Waals surface area contributed by atoms with Crippen LogP contribution in [0.3, 0.4) is 0 Å². The number of nitrogens with zero attached hydrogens (tertiary/aromatic N) is 3. The maximum Gasteiger partial charge on any atom is 0.303 e. The second-order valence-electron chi connectivity index (χ2n) is 9.80. The minimum absolute atomic E-state index is 0.109. The second kappa shape index (κ2) is 11.7. The normalized spacial score (nSPS) is 19.6. The van der Waals surface area contributed by atoms with Crippen LogP contribution >= 0.6 is 0 Å². The molecule has 0 bridgehead atoms. The minimum Gasteiger partial charge on any atom is -0.497 e. The van der Waals surface area contributed by atoms with E-state index in [1.54, 1.807) is 13.3 Å². The number of hydrogen-bond donors (Lipinski definition) is 2. The van der Waals surface area contributed by atoms with Crippen molar-refractivity contribution in [3.63, 3.8) is 0 Å². The molecule has 35 heavy (non-hydrogen) atoms. The van der Waals surface area contributed by atoms with Crippen LogP contribution in [-0.2, 0) is 18.3 Å². The summed E-state index contributed by atoms with van der Waals surface area (Å²) >= 11 is 0. The summed E-state index contributed by atoms with van der Waals surface area (Å²) in [5.74, 6) is 0.406. The Labute approximate surface area is 207 Å². The van der Waals surface area contributed by atoms with Crippen molar-refractivity contribution in [2.45, 2.75) is 44.6 Å². The van der Waals surface area contributed by atoms with Gasteiger partial charge in [0.25, 0.3) is 0 Å². The van der Waals surface area contributed by atoms with Crippen molar-refractivity contribution in [3.05, 3.63) is 60.0 Å². The molecule has 3 aromatic rings. The molecule has 2 N–H and O–H groups in total. The van der Waals surface area contributed by atoms with Gasteiger partial charge < -0.3 is 24.4 Å². The van der Waals surface area contributed by atoms with Crippen molar-refractivity contribution in [1.82, 2.24) is 14.5 Å². The van der Waals surface area contributed by atoms with Gasteiger partial charge in [0.05, 0.1) is 18.7 Å². The maximum absolute atomic E-state index is 11.6. The SMILES string of the molecule is COc1ccc2nccc(C(O)CC[C@@H]3CCN(CCCc4cccn4C)C[C@@H]3CC(=O)O)c2c1. The number of likely N-dealkylation sites (tertiary alicyclic amines) is 1. The van der Waals surface area contributed by atoms with Gasteiger partial charge in [-0.05, 0) is 99.0 Å². The summed E-state index contributed by atoms with van der Waals surface area (Å²) < 4.78 is 7.52. The first-order valence-corrected chi connectivity index (χ1v) is 12.6. The Hall–Kier alpha value is -2.90. The Morgan fingerprint density at radius 3 is 2.86 bits per heavy atom. The second-order valence-corrected chi connectivity index (χ2v) is 9.80. The van der Waals surface area contributed by atoms with Gasteiger partial charge in [0, 0.05) is 43.5 Å². The van der Waals surface area contributed by atoms with Gasteiger partial charge in [0.15, 0.2) is 0 Å². The third-order valence-electron chi connectivity index (χ3n) is 7.52. The number of fused-ring (bicyclic) bond motifs is 1. The van der Waals surface area contributed by atoms with Gasteiger partial charge in [-0.1, -0.05) is 0 Å². The Kier molecular flexibility index (Phi) is 8.42. The number of aryl methyl sites for hydroxylation is 2. The number of carbonyl (C=O) groups is 1. The van der Waals surface area contributed by atoms with E-state index < -0.39 is 12.1 Å². The average Bonchev–Trinajstić information content (AvgIpc) is 3.26. The summed E-state index contributed by atoms with van der Waals surface area (Å²) in [6.07, 6.45) is 7.85. The van der Waals surface area contributed by atoms with E-state index in [4.69, 9.17) is 4.74 Å². The monoisotopic (exact) mass is 479 g/mol. The number of carboxylic acid groups (broad SMARTS) is 1. The third kappa shape index (κ3) is 6.41. The first kappa shape index (κ1) is 25.2. The van der Waals surface area contributed by atoms with Crippen LogP contribution in [0.25, 0.3) is 10.9 Å². The highest BCUT2D eigenvalue weighted by Crippen LogP contribution is 2.34. The van der Waals surface area contributed by atoms with E-state index in [2.05, 4.69) is 39.8 Å². The quantitative estimate of drug-likeness (QED) is 0.423. The lowest BCUT2D eigenvalue weighted by molar-refractivity contribution is -0.139. The number of carboxylic acids is 1. The molecule has 0 radical (unpaired) electrons. The third-order valence-corrected chi connectivity index (χ3v) is 7.52. The van der Waals surface area contributed by atoms with Crippen LogP contribution in [0.2, 0.25) is 0 Å². The fourth-order valence-corrected chi connectivity index (χ4v) is 5.53. The molecular weight excluding hydrogens is 442 g/mol. The van der Waals surface area contributed by atoms with E-state index in [0.29, 0.717) is 12.3 Å². The van der Waals surface area contributed by atoms with Gasteiger partial charge in [0.1, 0.15) is 5.75 Å². The van der Waals surface area contributed by atoms with Crippen molar-refractivity contribution in [3.8, 4) is 5.75 Å². The van der Waals surface area contributed by atoms with Crippen molar-refractivity contribution < 1.29 is 19.7 Å². The Bertz CT molecular complexity index is 1130. The summed E-state index contributed by atoms with van der Waals surface area (Å²) in [6.45, 7) is 2.79. The van der Waals surface area contributed by atoms with Crippen LogP contribution in [0.4, 0.5) is 0 Å². The summed E-state index contributed by atoms with van der Waals surface area (Å²) in [5, 5.41) is 21.5. The van der Waals surface area contributed by atoms with Crippen molar-refractivity contribution in [2.75, 3.05) is 26.7 Å². The molecule has 4 rings (SSSR count). The Balaban J connectivity index is 1.35. The standard InChI is InChI=1S/C28H37N3O4/c1-30-14-3-5-22(30)6-4-15-31-16-12-20(21(19-31)17-28(33)34)7-10-27(32)24-11-13-29-26-9-8-23(35-2)18-25(24)26/h3,5,8-9,11,13-14,18,20-21,27,32H,4,6-7,10,12,15-17,19H2,1-2H3,(H,33,34)/t20-,21+,27?/m1/s1. The number of hydrogen-bond acceptors (Lipinski definition) is 5. The highest BCUT2D eigenvalue weighted by Gasteiger charge is 2.31. The van der Waals surface area contributed by atoms with Gasteiger partial charge in [0.2, 0.25) is 0 Å². The van der Waals surface area contributed by atoms with Crippen LogP contribution in [0, 0.1) is 11.8 Å². The summed E-state index contributed by atoms with van der Waals surface area (Å²) in [4.78, 5) is 18.4. The molecule has 2 aromatic heterocycles. The molecule has 1 aromatic carbocycles. The lowest BCUT2D eigenvalue weighted by atomic mass is 9.79. The molecule has 0 saturated carbocycles. The van der Waals surface area contributed by atoms with Gasteiger partial charge in [-0.2, -0.15) is 0 Å². The lowest BCUT2D eigenvalue weighted by Gasteiger charge is -2.38. The molecule has 0 spiro atoms. The zero-order chi connectivity index (χ0) is 24.8. The molecule has 188 valence electrons. The number of aliphatic carboxylic acids is 1. The molecule has 7 heteroatoms. The number of benzene rings is 1. The molecule has 3 heterocycles. The molecule has 1 unspecified atom stereocenters. The van der Waals surface area contributed by atoms with Crippen molar-refractivity contribution in [1.29, 1.82) is 0 Å². The number of aromatic nitrogens is 2. The zero-order valence-corrected chi connectivity index (χ0v) is 20.8. The summed E-state index contributed by atoms with van der Waals surface area (Å²) in [5.41, 5.74) is 3.01. The number of ether oxygens (including phenoxy) is 1. The molecule has 0 amide bonds. The van der Waals surface area contributed by atoms with Gasteiger partial charge in [-0.3, -0.25) is 9.78 Å². The molecular formula is C28H37N3O4. The molecule has 3 atom stereocenters. The molecule has 1 aliphatic rings. The highest BCUT2D eigenvalue weighted by atomic mass is 16.5. The van der Waals surface area contributed by atoms with Gasteiger partial charge in [-0.15, -0.1) is 0 Å². The molecule has 7 nitrogen and oxygen atoms in total. The number of pyridine rings is 1. The van der Waals surface area contributed by atoms with Crippen LogP contribution in [-0.4, -0.2) is 57.4 Å². The smallest absolute Gasteiger partial charge is 0.303 e. The first-order chi connectivity index (χ1) is 16.9. The fourth-order valence-electron chi connectivity index (χ4n) is 5.53. The zero-order valence-electron chi connectivity index (χ0n) is 20.8. The maximum atomic E-state index is 11.6. The molecule has 0 aliphatic carbocycles. The van der Waals surface area contributed by atoms with E-state index in [1.807, 2.05) is 24.3 Å². The topological polar surface area (TPSA) is 87.8 Å². The highest BCUT2D eigenvalue weighted by molar-refractivity contribution is 5.83. The lowest BCUT2D eigenvalue weighted by Crippen LogP contribution is -2.42. The van der Waals surface area contributed by atoms with Crippen LogP contribution < -0.4 is 4.74 Å². The predicted octanol–water partition coefficient (Wildman–Crippen LogP) is 4.44. The van der Waals surface area contributed by atoms with E-state index >= 15 is 0 Å². The van der Waals surface area contributed by atoms with Crippen LogP contribution in [0.15, 0.2) is 48.8 Å². The van der Waals surface area contributed by atoms with Crippen LogP contribution in [0.5, 0.6) is 5.75 Å². The van der Waals surface area contributed by atoms with Gasteiger partial charge in [-0.25, -0.2) is 0 Å². The fraction of sp³-hybridized carbons (Fsp3) is 0.500. The molecule has 1 aliphatic heterocycles. The van der Waals surface area contributed by atoms with E-state index in [-0.39, 0.29) is 12.3 Å². The van der Waals surface area contributed by atoms with Crippen LogP contribution in [0.1, 0.15) is 49.5 Å². The number of methoxy groups -OCH3 is 1.